The molecule has 0 aliphatic carbocycles. The number of halogens is 1. The second-order valence-electron chi connectivity index (χ2n) is 6.53. The fourth-order valence-electron chi connectivity index (χ4n) is 3.13. The van der Waals surface area contributed by atoms with E-state index in [1.54, 1.807) is 63.5 Å². The molecule has 1 N–H and O–H groups in total. The van der Waals surface area contributed by atoms with Gasteiger partial charge in [0, 0.05) is 29.0 Å². The molecule has 1 amide bonds. The summed E-state index contributed by atoms with van der Waals surface area (Å²) in [6, 6.07) is 7.98. The molecule has 1 aliphatic rings. The number of hydrogen-bond donors (Lipinski definition) is 1. The molecule has 26 heavy (non-hydrogen) atoms. The van der Waals surface area contributed by atoms with Gasteiger partial charge in [0.15, 0.2) is 11.5 Å². The molecule has 0 radical (unpaired) electrons. The number of aromatic nitrogens is 1. The standard InChI is InChI=1S/C20H19ClN2O3/c1-11(2)18(24)16-17(13-6-5-9-22-10-13)23(20(26)19(16)25)15-8-4-7-14(21)12(15)3/h4-11,17,25H,1-3H3. The van der Waals surface area contributed by atoms with Crippen LogP contribution in [0.4, 0.5) is 5.69 Å². The first-order chi connectivity index (χ1) is 12.3. The highest BCUT2D eigenvalue weighted by molar-refractivity contribution is 6.32. The van der Waals surface area contributed by atoms with Crippen molar-refractivity contribution >= 4 is 29.0 Å². The van der Waals surface area contributed by atoms with Crippen LogP contribution in [0.25, 0.3) is 0 Å². The van der Waals surface area contributed by atoms with Crippen molar-refractivity contribution in [3.8, 4) is 0 Å². The Morgan fingerprint density at radius 2 is 2.00 bits per heavy atom. The lowest BCUT2D eigenvalue weighted by Crippen LogP contribution is -2.32. The lowest BCUT2D eigenvalue weighted by molar-refractivity contribution is -0.119. The lowest BCUT2D eigenvalue weighted by atomic mass is 9.91. The third-order valence-electron chi connectivity index (χ3n) is 4.50. The van der Waals surface area contributed by atoms with Crippen molar-refractivity contribution in [2.45, 2.75) is 26.8 Å². The zero-order valence-corrected chi connectivity index (χ0v) is 15.5. The number of ketones is 1. The minimum absolute atomic E-state index is 0.0948. The lowest BCUT2D eigenvalue weighted by Gasteiger charge is -2.28. The largest absolute Gasteiger partial charge is 0.503 e. The predicted molar refractivity (Wildman–Crippen MR) is 100 cm³/mol. The normalized spacial score (nSPS) is 17.3. The molecule has 0 spiro atoms. The van der Waals surface area contributed by atoms with Gasteiger partial charge in [-0.3, -0.25) is 19.5 Å². The summed E-state index contributed by atoms with van der Waals surface area (Å²) in [6.45, 7) is 5.27. The molecule has 0 fully saturated rings. The van der Waals surface area contributed by atoms with Crippen LogP contribution >= 0.6 is 11.6 Å². The SMILES string of the molecule is Cc1c(Cl)cccc1N1C(=O)C(O)=C(C(=O)C(C)C)C1c1cccnc1. The zero-order chi connectivity index (χ0) is 19.0. The van der Waals surface area contributed by atoms with Gasteiger partial charge in [0.2, 0.25) is 0 Å². The molecule has 1 aromatic heterocycles. The molecule has 1 aromatic carbocycles. The average Bonchev–Trinajstić information content (AvgIpc) is 2.89. The number of carbonyl (C=O) groups excluding carboxylic acids is 2. The van der Waals surface area contributed by atoms with Crippen LogP contribution in [-0.4, -0.2) is 21.8 Å². The van der Waals surface area contributed by atoms with Crippen molar-refractivity contribution in [2.75, 3.05) is 4.90 Å². The number of aliphatic hydroxyl groups is 1. The van der Waals surface area contributed by atoms with E-state index in [-0.39, 0.29) is 17.3 Å². The van der Waals surface area contributed by atoms with Crippen LogP contribution in [0.3, 0.4) is 0 Å². The molecule has 0 saturated carbocycles. The van der Waals surface area contributed by atoms with Crippen molar-refractivity contribution in [3.63, 3.8) is 0 Å². The number of anilines is 1. The van der Waals surface area contributed by atoms with Gasteiger partial charge in [-0.05, 0) is 36.2 Å². The molecular weight excluding hydrogens is 352 g/mol. The van der Waals surface area contributed by atoms with Gasteiger partial charge < -0.3 is 5.11 Å². The molecule has 134 valence electrons. The quantitative estimate of drug-likeness (QED) is 0.876. The van der Waals surface area contributed by atoms with Crippen LogP contribution in [0.2, 0.25) is 5.02 Å². The fourth-order valence-corrected chi connectivity index (χ4v) is 3.30. The summed E-state index contributed by atoms with van der Waals surface area (Å²) in [7, 11) is 0. The first-order valence-electron chi connectivity index (χ1n) is 8.30. The first-order valence-corrected chi connectivity index (χ1v) is 8.68. The molecule has 0 saturated heterocycles. The molecule has 0 bridgehead atoms. The van der Waals surface area contributed by atoms with Crippen LogP contribution < -0.4 is 4.90 Å². The van der Waals surface area contributed by atoms with Gasteiger partial charge in [-0.25, -0.2) is 0 Å². The van der Waals surface area contributed by atoms with Crippen molar-refractivity contribution in [1.29, 1.82) is 0 Å². The van der Waals surface area contributed by atoms with Crippen molar-refractivity contribution in [3.05, 3.63) is 70.2 Å². The average molecular weight is 371 g/mol. The van der Waals surface area contributed by atoms with E-state index in [0.717, 1.165) is 0 Å². The Bertz CT molecular complexity index is 907. The van der Waals surface area contributed by atoms with Gasteiger partial charge in [-0.1, -0.05) is 37.6 Å². The third-order valence-corrected chi connectivity index (χ3v) is 4.91. The highest BCUT2D eigenvalue weighted by atomic mass is 35.5. The molecule has 3 rings (SSSR count). The van der Waals surface area contributed by atoms with E-state index in [2.05, 4.69) is 4.98 Å². The third kappa shape index (κ3) is 2.88. The number of amides is 1. The Kier molecular flexibility index (Phi) is 4.83. The summed E-state index contributed by atoms with van der Waals surface area (Å²) in [4.78, 5) is 31.2. The Morgan fingerprint density at radius 1 is 1.27 bits per heavy atom. The number of nitrogens with zero attached hydrogens (tertiary/aromatic N) is 2. The van der Waals surface area contributed by atoms with E-state index in [9.17, 15) is 14.7 Å². The zero-order valence-electron chi connectivity index (χ0n) is 14.7. The highest BCUT2D eigenvalue weighted by Crippen LogP contribution is 2.43. The van der Waals surface area contributed by atoms with Crippen LogP contribution in [0.15, 0.2) is 54.1 Å². The molecule has 1 atom stereocenters. The number of benzene rings is 1. The molecule has 2 heterocycles. The Labute approximate surface area is 156 Å². The second kappa shape index (κ2) is 6.92. The van der Waals surface area contributed by atoms with Gasteiger partial charge in [0.05, 0.1) is 11.6 Å². The molecular formula is C20H19ClN2O3. The van der Waals surface area contributed by atoms with Crippen molar-refractivity contribution in [1.82, 2.24) is 4.98 Å². The van der Waals surface area contributed by atoms with E-state index in [4.69, 9.17) is 11.6 Å². The molecule has 2 aromatic rings. The molecule has 5 nitrogen and oxygen atoms in total. The summed E-state index contributed by atoms with van der Waals surface area (Å²) < 4.78 is 0. The number of carbonyl (C=O) groups is 2. The summed E-state index contributed by atoms with van der Waals surface area (Å²) in [6.07, 6.45) is 3.21. The Balaban J connectivity index is 2.23. The smallest absolute Gasteiger partial charge is 0.294 e. The van der Waals surface area contributed by atoms with E-state index in [0.29, 0.717) is 21.8 Å². The van der Waals surface area contributed by atoms with Gasteiger partial charge in [0.1, 0.15) is 0 Å². The second-order valence-corrected chi connectivity index (χ2v) is 6.94. The highest BCUT2D eigenvalue weighted by Gasteiger charge is 2.45. The van der Waals surface area contributed by atoms with Crippen molar-refractivity contribution < 1.29 is 14.7 Å². The van der Waals surface area contributed by atoms with E-state index in [1.807, 2.05) is 0 Å². The summed E-state index contributed by atoms with van der Waals surface area (Å²) in [5.41, 5.74) is 1.99. The topological polar surface area (TPSA) is 70.5 Å². The summed E-state index contributed by atoms with van der Waals surface area (Å²) in [5.74, 6) is -1.77. The van der Waals surface area contributed by atoms with Gasteiger partial charge in [-0.15, -0.1) is 0 Å². The molecule has 6 heteroatoms. The molecule has 1 aliphatic heterocycles. The first kappa shape index (κ1) is 18.1. The minimum Gasteiger partial charge on any atom is -0.503 e. The maximum absolute atomic E-state index is 12.9. The summed E-state index contributed by atoms with van der Waals surface area (Å²) >= 11 is 6.23. The number of aliphatic hydroxyl groups excluding tert-OH is 1. The van der Waals surface area contributed by atoms with Gasteiger partial charge >= 0.3 is 0 Å². The molecule has 1 unspecified atom stereocenters. The minimum atomic E-state index is -0.747. The van der Waals surface area contributed by atoms with E-state index in [1.165, 1.54) is 4.90 Å². The van der Waals surface area contributed by atoms with Gasteiger partial charge in [0.25, 0.3) is 5.91 Å². The monoisotopic (exact) mass is 370 g/mol. The van der Waals surface area contributed by atoms with Crippen molar-refractivity contribution in [2.24, 2.45) is 5.92 Å². The maximum Gasteiger partial charge on any atom is 0.294 e. The van der Waals surface area contributed by atoms with E-state index >= 15 is 0 Å². The van der Waals surface area contributed by atoms with Crippen LogP contribution in [0.5, 0.6) is 0 Å². The number of rotatable bonds is 4. The van der Waals surface area contributed by atoms with Crippen LogP contribution in [0.1, 0.15) is 31.0 Å². The number of pyridine rings is 1. The predicted octanol–water partition coefficient (Wildman–Crippen LogP) is 4.17. The number of hydrogen-bond acceptors (Lipinski definition) is 4. The summed E-state index contributed by atoms with van der Waals surface area (Å²) in [5, 5.41) is 11.0. The van der Waals surface area contributed by atoms with Crippen LogP contribution in [0, 0.1) is 12.8 Å². The van der Waals surface area contributed by atoms with E-state index < -0.39 is 17.7 Å². The Morgan fingerprint density at radius 3 is 2.62 bits per heavy atom. The fraction of sp³-hybridized carbons (Fsp3) is 0.250. The number of Topliss-reactive ketones (excluding diaryl/α,β-unsaturated/α-hetero) is 1. The maximum atomic E-state index is 12.9. The van der Waals surface area contributed by atoms with Gasteiger partial charge in [-0.2, -0.15) is 0 Å². The van der Waals surface area contributed by atoms with Crippen LogP contribution in [-0.2, 0) is 9.59 Å². The Hall–Kier alpha value is -2.66.